The fourth-order valence-electron chi connectivity index (χ4n) is 4.22. The maximum Gasteiger partial charge on any atom is 0.238 e. The number of pyridine rings is 1. The van der Waals surface area contributed by atoms with Crippen LogP contribution in [-0.2, 0) is 4.79 Å². The largest absolute Gasteiger partial charge is 0.380 e. The molecule has 0 radical (unpaired) electrons. The van der Waals surface area contributed by atoms with Crippen LogP contribution < -0.4 is 21.8 Å². The summed E-state index contributed by atoms with van der Waals surface area (Å²) in [5.74, 6) is -0.896. The normalized spacial score (nSPS) is 14.6. The molecular weight excluding hydrogens is 407 g/mol. The maximum atomic E-state index is 14.9. The lowest BCUT2D eigenvalue weighted by Gasteiger charge is -2.25. The third-order valence-corrected chi connectivity index (χ3v) is 5.88. The number of nitrogens with zero attached hydrogens (tertiary/aromatic N) is 1. The number of carbonyl (C=O) groups excluding carboxylic acids is 1. The summed E-state index contributed by atoms with van der Waals surface area (Å²) < 4.78 is 16.9. The van der Waals surface area contributed by atoms with Gasteiger partial charge in [0.2, 0.25) is 11.3 Å². The molecule has 0 aliphatic heterocycles. The van der Waals surface area contributed by atoms with Gasteiger partial charge in [-0.25, -0.2) is 4.39 Å². The van der Waals surface area contributed by atoms with Crippen molar-refractivity contribution in [1.82, 2.24) is 4.57 Å². The van der Waals surface area contributed by atoms with E-state index in [1.54, 1.807) is 12.3 Å². The third kappa shape index (κ3) is 5.13. The van der Waals surface area contributed by atoms with Crippen LogP contribution in [0.4, 0.5) is 15.8 Å². The topological polar surface area (TPSA) is 89.2 Å². The lowest BCUT2D eigenvalue weighted by molar-refractivity contribution is -0.114. The summed E-state index contributed by atoms with van der Waals surface area (Å²) in [6, 6.07) is 3.42. The van der Waals surface area contributed by atoms with E-state index in [0.29, 0.717) is 11.2 Å². The lowest BCUT2D eigenvalue weighted by atomic mass is 9.95. The summed E-state index contributed by atoms with van der Waals surface area (Å²) in [6.07, 6.45) is 8.94. The van der Waals surface area contributed by atoms with Crippen LogP contribution in [0.2, 0.25) is 0 Å². The molecule has 3 rings (SSSR count). The molecule has 0 spiro atoms. The number of nitrogens with one attached hydrogen (secondary N) is 2. The molecule has 0 unspecified atom stereocenters. The zero-order valence-electron chi connectivity index (χ0n) is 17.7. The molecule has 1 aromatic carbocycles. The first-order valence-corrected chi connectivity index (χ1v) is 10.6. The Kier molecular flexibility index (Phi) is 8.67. The van der Waals surface area contributed by atoms with E-state index in [2.05, 4.69) is 24.5 Å². The monoisotopic (exact) mass is 438 g/mol. The highest BCUT2D eigenvalue weighted by atomic mass is 35.5. The standard InChI is InChI=1S/C22H31FN4O2.ClH/c1-3-15(4-2)27-13-19(26-21(28)12-24)22(29)16-10-17(23)18(11-20(16)27)25-14-8-6-5-7-9-14;/h10-11,13-15,25H,3-9,12,24H2,1-2H3,(H,26,28);1H. The van der Waals surface area contributed by atoms with Gasteiger partial charge in [-0.05, 0) is 37.8 Å². The first-order chi connectivity index (χ1) is 14.0. The molecule has 8 heteroatoms. The minimum atomic E-state index is -0.450. The summed E-state index contributed by atoms with van der Waals surface area (Å²) in [4.78, 5) is 24.7. The second-order valence-corrected chi connectivity index (χ2v) is 7.83. The smallest absolute Gasteiger partial charge is 0.238 e. The molecule has 0 bridgehead atoms. The van der Waals surface area contributed by atoms with Crippen molar-refractivity contribution in [1.29, 1.82) is 0 Å². The third-order valence-electron chi connectivity index (χ3n) is 5.88. The predicted octanol–water partition coefficient (Wildman–Crippen LogP) is 4.57. The zero-order valence-corrected chi connectivity index (χ0v) is 18.5. The quantitative estimate of drug-likeness (QED) is 0.590. The average molecular weight is 439 g/mol. The van der Waals surface area contributed by atoms with Crippen LogP contribution >= 0.6 is 12.4 Å². The van der Waals surface area contributed by atoms with E-state index in [0.717, 1.165) is 38.5 Å². The number of rotatable bonds is 7. The van der Waals surface area contributed by atoms with Gasteiger partial charge in [-0.2, -0.15) is 0 Å². The summed E-state index contributed by atoms with van der Waals surface area (Å²) >= 11 is 0. The van der Waals surface area contributed by atoms with Crippen molar-refractivity contribution in [2.75, 3.05) is 17.2 Å². The molecule has 1 amide bonds. The molecule has 6 nitrogen and oxygen atoms in total. The number of nitrogens with two attached hydrogens (primary N) is 1. The lowest BCUT2D eigenvalue weighted by Crippen LogP contribution is -2.27. The number of carbonyl (C=O) groups is 1. The van der Waals surface area contributed by atoms with Crippen LogP contribution in [0.25, 0.3) is 10.9 Å². The molecule has 2 aromatic rings. The Morgan fingerprint density at radius 3 is 2.47 bits per heavy atom. The highest BCUT2D eigenvalue weighted by Gasteiger charge is 2.20. The zero-order chi connectivity index (χ0) is 21.0. The molecule has 1 aliphatic rings. The molecular formula is C22H32ClFN4O2. The van der Waals surface area contributed by atoms with Crippen molar-refractivity contribution in [3.63, 3.8) is 0 Å². The van der Waals surface area contributed by atoms with E-state index in [1.165, 1.54) is 12.5 Å². The van der Waals surface area contributed by atoms with E-state index in [1.807, 2.05) is 4.57 Å². The Bertz CT molecular complexity index is 937. The van der Waals surface area contributed by atoms with Gasteiger partial charge in [-0.1, -0.05) is 33.1 Å². The van der Waals surface area contributed by atoms with Crippen LogP contribution in [0.1, 0.15) is 64.8 Å². The van der Waals surface area contributed by atoms with Crippen LogP contribution in [0, 0.1) is 5.82 Å². The van der Waals surface area contributed by atoms with E-state index in [4.69, 9.17) is 5.73 Å². The second-order valence-electron chi connectivity index (χ2n) is 7.83. The summed E-state index contributed by atoms with van der Waals surface area (Å²) in [7, 11) is 0. The van der Waals surface area contributed by atoms with Gasteiger partial charge < -0.3 is 20.9 Å². The number of hydrogen-bond acceptors (Lipinski definition) is 4. The number of hydrogen-bond donors (Lipinski definition) is 3. The van der Waals surface area contributed by atoms with Gasteiger partial charge in [-0.15, -0.1) is 12.4 Å². The fraction of sp³-hybridized carbons (Fsp3) is 0.545. The Labute approximate surface area is 182 Å². The minimum absolute atomic E-state index is 0. The van der Waals surface area contributed by atoms with Crippen molar-refractivity contribution in [3.8, 4) is 0 Å². The Morgan fingerprint density at radius 1 is 1.20 bits per heavy atom. The molecule has 1 fully saturated rings. The molecule has 30 heavy (non-hydrogen) atoms. The maximum absolute atomic E-state index is 14.9. The summed E-state index contributed by atoms with van der Waals surface area (Å²) in [6.45, 7) is 3.92. The van der Waals surface area contributed by atoms with Gasteiger partial charge in [0, 0.05) is 18.3 Å². The molecule has 1 saturated carbocycles. The second kappa shape index (κ2) is 10.8. The summed E-state index contributed by atoms with van der Waals surface area (Å²) in [5, 5.41) is 6.16. The van der Waals surface area contributed by atoms with E-state index < -0.39 is 17.2 Å². The molecule has 1 aliphatic carbocycles. The van der Waals surface area contributed by atoms with Gasteiger partial charge in [-0.3, -0.25) is 9.59 Å². The van der Waals surface area contributed by atoms with Gasteiger partial charge in [0.05, 0.1) is 23.1 Å². The summed E-state index contributed by atoms with van der Waals surface area (Å²) in [5.41, 5.74) is 6.22. The molecule has 0 atom stereocenters. The van der Waals surface area contributed by atoms with Gasteiger partial charge in [0.15, 0.2) is 0 Å². The number of fused-ring (bicyclic) bond motifs is 1. The van der Waals surface area contributed by atoms with Crippen molar-refractivity contribution in [2.24, 2.45) is 5.73 Å². The SMILES string of the molecule is CCC(CC)n1cc(NC(=O)CN)c(=O)c2cc(F)c(NC3CCCCC3)cc21.Cl. The number of amides is 1. The highest BCUT2D eigenvalue weighted by molar-refractivity contribution is 5.94. The van der Waals surface area contributed by atoms with Gasteiger partial charge in [0.1, 0.15) is 11.5 Å². The Hall–Kier alpha value is -2.12. The van der Waals surface area contributed by atoms with Crippen molar-refractivity contribution in [3.05, 3.63) is 34.4 Å². The Balaban J connectivity index is 0.00000320. The number of anilines is 2. The first kappa shape index (κ1) is 24.2. The van der Waals surface area contributed by atoms with Gasteiger partial charge in [0.25, 0.3) is 0 Å². The highest BCUT2D eigenvalue weighted by Crippen LogP contribution is 2.29. The first-order valence-electron chi connectivity index (χ1n) is 10.6. The predicted molar refractivity (Wildman–Crippen MR) is 123 cm³/mol. The number of benzene rings is 1. The van der Waals surface area contributed by atoms with Crippen LogP contribution in [0.3, 0.4) is 0 Å². The van der Waals surface area contributed by atoms with Crippen molar-refractivity contribution in [2.45, 2.75) is 70.9 Å². The van der Waals surface area contributed by atoms with Gasteiger partial charge >= 0.3 is 0 Å². The molecule has 1 aromatic heterocycles. The van der Waals surface area contributed by atoms with E-state index >= 15 is 0 Å². The number of halogens is 2. The molecule has 4 N–H and O–H groups in total. The van der Waals surface area contributed by atoms with Crippen LogP contribution in [0.5, 0.6) is 0 Å². The van der Waals surface area contributed by atoms with Crippen LogP contribution in [-0.4, -0.2) is 23.1 Å². The van der Waals surface area contributed by atoms with Crippen molar-refractivity contribution < 1.29 is 9.18 Å². The Morgan fingerprint density at radius 2 is 1.87 bits per heavy atom. The average Bonchev–Trinajstić information content (AvgIpc) is 2.73. The molecule has 1 heterocycles. The van der Waals surface area contributed by atoms with Crippen molar-refractivity contribution >= 4 is 40.6 Å². The van der Waals surface area contributed by atoms with E-state index in [9.17, 15) is 14.0 Å². The van der Waals surface area contributed by atoms with Crippen LogP contribution in [0.15, 0.2) is 23.1 Å². The minimum Gasteiger partial charge on any atom is -0.380 e. The van der Waals surface area contributed by atoms with E-state index in [-0.39, 0.29) is 42.1 Å². The molecule has 166 valence electrons. The fourth-order valence-corrected chi connectivity index (χ4v) is 4.22. The molecule has 0 saturated heterocycles. The number of aromatic nitrogens is 1.